The fourth-order valence-corrected chi connectivity index (χ4v) is 1.94. The Hall–Kier alpha value is -0.910. The molecule has 1 fully saturated rings. The minimum absolute atomic E-state index is 0.00277. The third kappa shape index (κ3) is 3.52. The molecule has 0 atom stereocenters. The van der Waals surface area contributed by atoms with Gasteiger partial charge in [-0.2, -0.15) is 0 Å². The van der Waals surface area contributed by atoms with E-state index < -0.39 is 0 Å². The topological polar surface area (TPSA) is 47.6 Å². The van der Waals surface area contributed by atoms with Gasteiger partial charge in [-0.25, -0.2) is 0 Å². The van der Waals surface area contributed by atoms with Crippen molar-refractivity contribution in [1.29, 1.82) is 0 Å². The molecule has 1 amide bonds. The second-order valence-electron chi connectivity index (χ2n) is 3.68. The number of benzene rings is 1. The molecule has 0 spiro atoms. The summed E-state index contributed by atoms with van der Waals surface area (Å²) in [5.74, 6) is 0.00277. The number of nitrogens with one attached hydrogen (secondary N) is 1. The van der Waals surface area contributed by atoms with E-state index in [2.05, 4.69) is 21.2 Å². The quantitative estimate of drug-likeness (QED) is 0.869. The van der Waals surface area contributed by atoms with Crippen LogP contribution in [-0.2, 0) is 14.3 Å². The summed E-state index contributed by atoms with van der Waals surface area (Å²) < 4.78 is 10.8. The van der Waals surface area contributed by atoms with Crippen LogP contribution in [0.3, 0.4) is 0 Å². The van der Waals surface area contributed by atoms with Gasteiger partial charge in [0, 0.05) is 23.0 Å². The fourth-order valence-electron chi connectivity index (χ4n) is 1.58. The van der Waals surface area contributed by atoms with Gasteiger partial charge in [-0.1, -0.05) is 28.1 Å². The van der Waals surface area contributed by atoms with Crippen LogP contribution in [0.1, 0.15) is 18.3 Å². The van der Waals surface area contributed by atoms with Crippen LogP contribution in [0.15, 0.2) is 24.3 Å². The van der Waals surface area contributed by atoms with Crippen molar-refractivity contribution in [2.75, 3.05) is 23.9 Å². The maximum atomic E-state index is 11.4. The third-order valence-electron chi connectivity index (χ3n) is 2.41. The standard InChI is InChI=1S/C12H14BrNO3/c13-6-5-11(15)14-10-3-1-9(2-4-10)12-16-7-8-17-12/h1-4,12H,5-8H2,(H,14,15). The van der Waals surface area contributed by atoms with Crippen molar-refractivity contribution < 1.29 is 14.3 Å². The van der Waals surface area contributed by atoms with Gasteiger partial charge in [-0.3, -0.25) is 4.79 Å². The van der Waals surface area contributed by atoms with Gasteiger partial charge in [0.25, 0.3) is 0 Å². The molecule has 1 heterocycles. The first-order chi connectivity index (χ1) is 8.29. The van der Waals surface area contributed by atoms with Crippen LogP contribution >= 0.6 is 15.9 Å². The summed E-state index contributed by atoms with van der Waals surface area (Å²) >= 11 is 3.23. The fraction of sp³-hybridized carbons (Fsp3) is 0.417. The first-order valence-corrected chi connectivity index (χ1v) is 6.61. The van der Waals surface area contributed by atoms with Crippen LogP contribution in [0.4, 0.5) is 5.69 Å². The lowest BCUT2D eigenvalue weighted by molar-refractivity contribution is -0.115. The van der Waals surface area contributed by atoms with Crippen molar-refractivity contribution in [3.63, 3.8) is 0 Å². The number of hydrogen-bond donors (Lipinski definition) is 1. The third-order valence-corrected chi connectivity index (χ3v) is 2.81. The van der Waals surface area contributed by atoms with Gasteiger partial charge in [-0.15, -0.1) is 0 Å². The number of hydrogen-bond acceptors (Lipinski definition) is 3. The van der Waals surface area contributed by atoms with Crippen LogP contribution in [-0.4, -0.2) is 24.5 Å². The number of rotatable bonds is 4. The van der Waals surface area contributed by atoms with Gasteiger partial charge >= 0.3 is 0 Å². The largest absolute Gasteiger partial charge is 0.346 e. The SMILES string of the molecule is O=C(CCBr)Nc1ccc(C2OCCO2)cc1. The summed E-state index contributed by atoms with van der Waals surface area (Å²) in [6, 6.07) is 7.51. The molecule has 1 aromatic carbocycles. The highest BCUT2D eigenvalue weighted by Gasteiger charge is 2.17. The first-order valence-electron chi connectivity index (χ1n) is 5.48. The van der Waals surface area contributed by atoms with E-state index in [0.29, 0.717) is 25.0 Å². The Bertz CT molecular complexity index is 374. The second-order valence-corrected chi connectivity index (χ2v) is 4.48. The first kappa shape index (κ1) is 12.5. The van der Waals surface area contributed by atoms with E-state index >= 15 is 0 Å². The maximum absolute atomic E-state index is 11.4. The Morgan fingerprint density at radius 2 is 1.94 bits per heavy atom. The molecular formula is C12H14BrNO3. The number of halogens is 1. The molecule has 92 valence electrons. The van der Waals surface area contributed by atoms with Gasteiger partial charge in [-0.05, 0) is 12.1 Å². The van der Waals surface area contributed by atoms with Crippen molar-refractivity contribution >= 4 is 27.5 Å². The molecule has 0 unspecified atom stereocenters. The van der Waals surface area contributed by atoms with Crippen LogP contribution in [0.25, 0.3) is 0 Å². The van der Waals surface area contributed by atoms with Gasteiger partial charge in [0.1, 0.15) is 0 Å². The van der Waals surface area contributed by atoms with Gasteiger partial charge < -0.3 is 14.8 Å². The second kappa shape index (κ2) is 6.14. The number of amides is 1. The lowest BCUT2D eigenvalue weighted by Gasteiger charge is -2.10. The zero-order chi connectivity index (χ0) is 12.1. The lowest BCUT2D eigenvalue weighted by atomic mass is 10.2. The number of anilines is 1. The average molecular weight is 300 g/mol. The highest BCUT2D eigenvalue weighted by Crippen LogP contribution is 2.24. The summed E-state index contributed by atoms with van der Waals surface area (Å²) in [6.07, 6.45) is 0.207. The highest BCUT2D eigenvalue weighted by molar-refractivity contribution is 9.09. The Balaban J connectivity index is 1.95. The molecule has 1 aromatic rings. The van der Waals surface area contributed by atoms with Crippen LogP contribution in [0.2, 0.25) is 0 Å². The smallest absolute Gasteiger partial charge is 0.225 e. The number of ether oxygens (including phenoxy) is 2. The summed E-state index contributed by atoms with van der Waals surface area (Å²) in [6.45, 7) is 1.27. The number of carbonyl (C=O) groups excluding carboxylic acids is 1. The Morgan fingerprint density at radius 3 is 2.53 bits per heavy atom. The van der Waals surface area contributed by atoms with E-state index in [9.17, 15) is 4.79 Å². The van der Waals surface area contributed by atoms with E-state index in [-0.39, 0.29) is 12.2 Å². The zero-order valence-corrected chi connectivity index (χ0v) is 10.9. The molecule has 0 radical (unpaired) electrons. The van der Waals surface area contributed by atoms with E-state index in [4.69, 9.17) is 9.47 Å². The summed E-state index contributed by atoms with van der Waals surface area (Å²) in [5.41, 5.74) is 1.76. The molecule has 2 rings (SSSR count). The monoisotopic (exact) mass is 299 g/mol. The minimum Gasteiger partial charge on any atom is -0.346 e. The predicted molar refractivity (Wildman–Crippen MR) is 68.1 cm³/mol. The van der Waals surface area contributed by atoms with Gasteiger partial charge in [0.05, 0.1) is 13.2 Å². The molecular weight excluding hydrogens is 286 g/mol. The Morgan fingerprint density at radius 1 is 1.29 bits per heavy atom. The maximum Gasteiger partial charge on any atom is 0.225 e. The summed E-state index contributed by atoms with van der Waals surface area (Å²) in [7, 11) is 0. The molecule has 1 aliphatic heterocycles. The Kier molecular flexibility index (Phi) is 4.53. The normalized spacial score (nSPS) is 16.1. The van der Waals surface area contributed by atoms with E-state index in [0.717, 1.165) is 11.3 Å². The molecule has 0 aliphatic carbocycles. The predicted octanol–water partition coefficient (Wildman–Crippen LogP) is 2.46. The van der Waals surface area contributed by atoms with E-state index in [1.807, 2.05) is 24.3 Å². The average Bonchev–Trinajstić information content (AvgIpc) is 2.84. The van der Waals surface area contributed by atoms with Crippen LogP contribution in [0.5, 0.6) is 0 Å². The van der Waals surface area contributed by atoms with Crippen molar-refractivity contribution in [2.24, 2.45) is 0 Å². The van der Waals surface area contributed by atoms with E-state index in [1.54, 1.807) is 0 Å². The number of carbonyl (C=O) groups is 1. The van der Waals surface area contributed by atoms with Crippen molar-refractivity contribution in [1.82, 2.24) is 0 Å². The molecule has 1 aliphatic rings. The molecule has 17 heavy (non-hydrogen) atoms. The summed E-state index contributed by atoms with van der Waals surface area (Å²) in [5, 5.41) is 3.48. The summed E-state index contributed by atoms with van der Waals surface area (Å²) in [4.78, 5) is 11.4. The van der Waals surface area contributed by atoms with E-state index in [1.165, 1.54) is 0 Å². The molecule has 0 aromatic heterocycles. The van der Waals surface area contributed by atoms with Crippen LogP contribution in [0, 0.1) is 0 Å². The minimum atomic E-state index is -0.262. The van der Waals surface area contributed by atoms with Gasteiger partial charge in [0.2, 0.25) is 5.91 Å². The molecule has 5 heteroatoms. The van der Waals surface area contributed by atoms with Crippen LogP contribution < -0.4 is 5.32 Å². The lowest BCUT2D eigenvalue weighted by Crippen LogP contribution is -2.11. The molecule has 0 bridgehead atoms. The zero-order valence-electron chi connectivity index (χ0n) is 9.32. The molecule has 0 saturated carbocycles. The highest BCUT2D eigenvalue weighted by atomic mass is 79.9. The molecule has 1 saturated heterocycles. The van der Waals surface area contributed by atoms with Crippen molar-refractivity contribution in [2.45, 2.75) is 12.7 Å². The molecule has 1 N–H and O–H groups in total. The van der Waals surface area contributed by atoms with Crippen molar-refractivity contribution in [3.05, 3.63) is 29.8 Å². The van der Waals surface area contributed by atoms with Gasteiger partial charge in [0.15, 0.2) is 6.29 Å². The van der Waals surface area contributed by atoms with Crippen molar-refractivity contribution in [3.8, 4) is 0 Å². The number of alkyl halides is 1. The molecule has 4 nitrogen and oxygen atoms in total. The Labute approximate surface area is 108 Å².